The quantitative estimate of drug-likeness (QED) is 0.182. The van der Waals surface area contributed by atoms with E-state index in [1.807, 2.05) is 18.8 Å². The maximum atomic E-state index is 6.63. The first-order valence-electron chi connectivity index (χ1n) is 12.6. The van der Waals surface area contributed by atoms with Gasteiger partial charge in [0.15, 0.2) is 0 Å². The largest absolute Gasteiger partial charge is 0.380 e. The molecule has 2 heterocycles. The molecule has 1 unspecified atom stereocenters. The minimum Gasteiger partial charge on any atom is -0.380 e. The summed E-state index contributed by atoms with van der Waals surface area (Å²) in [7, 11) is 4.05. The summed E-state index contributed by atoms with van der Waals surface area (Å²) in [6.07, 6.45) is 4.09. The van der Waals surface area contributed by atoms with Crippen LogP contribution in [-0.2, 0) is 24.2 Å². The molecule has 0 spiro atoms. The van der Waals surface area contributed by atoms with Crippen LogP contribution in [0.4, 0.5) is 5.82 Å². The standard InChI is InChI=1S/C28H35Cl3N4OS/c1-18(2)10-11-36-17-22-12-19-8-6-7-9-20(19)15-34(22)16-23-27(37-5)32-35(28(23)33(3)4)26-24(30)13-21(29)14-25(26)31/h6-9,13-14,18,22H,10-12,15-17H2,1-5H3. The number of aromatic nitrogens is 2. The lowest BCUT2D eigenvalue weighted by atomic mass is 9.94. The molecule has 37 heavy (non-hydrogen) atoms. The van der Waals surface area contributed by atoms with Crippen LogP contribution in [0.15, 0.2) is 41.4 Å². The maximum Gasteiger partial charge on any atom is 0.137 e. The number of nitrogens with zero attached hydrogens (tertiary/aromatic N) is 4. The number of benzene rings is 2. The van der Waals surface area contributed by atoms with Crippen molar-refractivity contribution in [3.8, 4) is 5.69 Å². The highest BCUT2D eigenvalue weighted by molar-refractivity contribution is 7.98. The molecule has 1 atom stereocenters. The van der Waals surface area contributed by atoms with Crippen molar-refractivity contribution in [2.75, 3.05) is 38.5 Å². The second-order valence-corrected chi connectivity index (χ2v) is 12.2. The summed E-state index contributed by atoms with van der Waals surface area (Å²) in [5.41, 5.74) is 4.56. The van der Waals surface area contributed by atoms with E-state index in [9.17, 15) is 0 Å². The van der Waals surface area contributed by atoms with Crippen LogP contribution in [0.3, 0.4) is 0 Å². The van der Waals surface area contributed by atoms with Crippen molar-refractivity contribution in [1.82, 2.24) is 14.7 Å². The lowest BCUT2D eigenvalue weighted by Crippen LogP contribution is -2.43. The van der Waals surface area contributed by atoms with Gasteiger partial charge in [0.2, 0.25) is 0 Å². The van der Waals surface area contributed by atoms with E-state index >= 15 is 0 Å². The molecule has 9 heteroatoms. The van der Waals surface area contributed by atoms with Crippen molar-refractivity contribution >= 4 is 52.4 Å². The fourth-order valence-electron chi connectivity index (χ4n) is 4.81. The summed E-state index contributed by atoms with van der Waals surface area (Å²) >= 11 is 21.1. The van der Waals surface area contributed by atoms with Gasteiger partial charge in [-0.05, 0) is 48.3 Å². The average Bonchev–Trinajstić information content (AvgIpc) is 3.19. The first kappa shape index (κ1) is 28.6. The van der Waals surface area contributed by atoms with Crippen molar-refractivity contribution in [3.63, 3.8) is 0 Å². The molecule has 4 rings (SSSR count). The number of thioether (sulfide) groups is 1. The van der Waals surface area contributed by atoms with Crippen molar-refractivity contribution in [3.05, 3.63) is 68.2 Å². The molecule has 0 N–H and O–H groups in total. The molecule has 0 saturated carbocycles. The van der Waals surface area contributed by atoms with Gasteiger partial charge < -0.3 is 9.64 Å². The Labute approximate surface area is 240 Å². The van der Waals surface area contributed by atoms with Crippen molar-refractivity contribution in [2.24, 2.45) is 5.92 Å². The summed E-state index contributed by atoms with van der Waals surface area (Å²) in [4.78, 5) is 4.60. The molecular weight excluding hydrogens is 547 g/mol. The average molecular weight is 582 g/mol. The van der Waals surface area contributed by atoms with Crippen LogP contribution in [0, 0.1) is 5.92 Å². The van der Waals surface area contributed by atoms with Gasteiger partial charge in [-0.25, -0.2) is 4.68 Å². The minimum absolute atomic E-state index is 0.276. The number of hydrogen-bond donors (Lipinski definition) is 0. The number of ether oxygens (including phenoxy) is 1. The van der Waals surface area contributed by atoms with E-state index in [1.54, 1.807) is 23.9 Å². The molecule has 1 aliphatic heterocycles. The molecule has 0 bridgehead atoms. The lowest BCUT2D eigenvalue weighted by Gasteiger charge is -2.37. The highest BCUT2D eigenvalue weighted by Crippen LogP contribution is 2.39. The lowest BCUT2D eigenvalue weighted by molar-refractivity contribution is 0.0412. The third-order valence-electron chi connectivity index (χ3n) is 6.70. The van der Waals surface area contributed by atoms with Gasteiger partial charge in [-0.2, -0.15) is 5.10 Å². The number of anilines is 1. The second-order valence-electron chi connectivity index (χ2n) is 10.1. The Morgan fingerprint density at radius 2 is 1.78 bits per heavy atom. The van der Waals surface area contributed by atoms with Crippen LogP contribution in [0.1, 0.15) is 37.0 Å². The summed E-state index contributed by atoms with van der Waals surface area (Å²) in [6.45, 7) is 7.55. The molecular formula is C28H35Cl3N4OS. The summed E-state index contributed by atoms with van der Waals surface area (Å²) in [5, 5.41) is 7.34. The summed E-state index contributed by atoms with van der Waals surface area (Å²) < 4.78 is 8.05. The van der Waals surface area contributed by atoms with Gasteiger partial charge in [0.05, 0.1) is 16.7 Å². The topological polar surface area (TPSA) is 33.5 Å². The van der Waals surface area contributed by atoms with Gasteiger partial charge in [0.25, 0.3) is 0 Å². The molecule has 0 radical (unpaired) electrons. The van der Waals surface area contributed by atoms with Gasteiger partial charge in [-0.1, -0.05) is 72.9 Å². The van der Waals surface area contributed by atoms with Gasteiger partial charge in [-0.3, -0.25) is 4.90 Å². The van der Waals surface area contributed by atoms with E-state index in [1.165, 1.54) is 11.1 Å². The number of rotatable bonds is 10. The monoisotopic (exact) mass is 580 g/mol. The summed E-state index contributed by atoms with van der Waals surface area (Å²) in [5.74, 6) is 1.58. The van der Waals surface area contributed by atoms with E-state index in [4.69, 9.17) is 44.6 Å². The number of halogens is 3. The predicted molar refractivity (Wildman–Crippen MR) is 158 cm³/mol. The van der Waals surface area contributed by atoms with E-state index in [0.717, 1.165) is 48.9 Å². The minimum atomic E-state index is 0.276. The first-order valence-corrected chi connectivity index (χ1v) is 14.9. The molecule has 0 fully saturated rings. The zero-order valence-electron chi connectivity index (χ0n) is 22.1. The van der Waals surface area contributed by atoms with Crippen molar-refractivity contribution in [2.45, 2.75) is 50.8 Å². The van der Waals surface area contributed by atoms with Gasteiger partial charge in [0.1, 0.15) is 16.5 Å². The van der Waals surface area contributed by atoms with E-state index in [-0.39, 0.29) is 6.04 Å². The second kappa shape index (κ2) is 12.6. The fourth-order valence-corrected chi connectivity index (χ4v) is 6.35. The summed E-state index contributed by atoms with van der Waals surface area (Å²) in [6, 6.07) is 12.4. The zero-order chi connectivity index (χ0) is 26.7. The third-order valence-corrected chi connectivity index (χ3v) is 8.21. The Balaban J connectivity index is 1.71. The van der Waals surface area contributed by atoms with Crippen molar-refractivity contribution in [1.29, 1.82) is 0 Å². The number of fused-ring (bicyclic) bond motifs is 1. The Bertz CT molecular complexity index is 1210. The molecule has 200 valence electrons. The molecule has 1 aromatic heterocycles. The third kappa shape index (κ3) is 6.60. The maximum absolute atomic E-state index is 6.63. The van der Waals surface area contributed by atoms with Crippen LogP contribution in [0.2, 0.25) is 15.1 Å². The molecule has 2 aromatic carbocycles. The fraction of sp³-hybridized carbons (Fsp3) is 0.464. The van der Waals surface area contributed by atoms with Gasteiger partial charge >= 0.3 is 0 Å². The Morgan fingerprint density at radius 1 is 1.11 bits per heavy atom. The Kier molecular flexibility index (Phi) is 9.76. The van der Waals surface area contributed by atoms with E-state index < -0.39 is 0 Å². The zero-order valence-corrected chi connectivity index (χ0v) is 25.2. The van der Waals surface area contributed by atoms with Gasteiger partial charge in [0, 0.05) is 50.4 Å². The van der Waals surface area contributed by atoms with Crippen LogP contribution in [0.5, 0.6) is 0 Å². The SMILES string of the molecule is CSc1nn(-c2c(Cl)cc(Cl)cc2Cl)c(N(C)C)c1CN1Cc2ccccc2CC1COCCC(C)C. The molecule has 5 nitrogen and oxygen atoms in total. The van der Waals surface area contributed by atoms with Crippen LogP contribution in [0.25, 0.3) is 5.69 Å². The van der Waals surface area contributed by atoms with Gasteiger partial charge in [-0.15, -0.1) is 11.8 Å². The Morgan fingerprint density at radius 3 is 2.41 bits per heavy atom. The smallest absolute Gasteiger partial charge is 0.137 e. The van der Waals surface area contributed by atoms with Crippen molar-refractivity contribution < 1.29 is 4.74 Å². The molecule has 0 saturated heterocycles. The predicted octanol–water partition coefficient (Wildman–Crippen LogP) is 7.61. The first-order chi connectivity index (χ1) is 17.7. The highest BCUT2D eigenvalue weighted by atomic mass is 35.5. The number of hydrogen-bond acceptors (Lipinski definition) is 5. The molecule has 0 aliphatic carbocycles. The molecule has 0 amide bonds. The van der Waals surface area contributed by atoms with Crippen LogP contribution in [-0.4, -0.2) is 54.3 Å². The van der Waals surface area contributed by atoms with Crippen LogP contribution >= 0.6 is 46.6 Å². The highest BCUT2D eigenvalue weighted by Gasteiger charge is 2.30. The normalized spacial score (nSPS) is 15.9. The van der Waals surface area contributed by atoms with Crippen LogP contribution < -0.4 is 4.90 Å². The molecule has 3 aromatic rings. The molecule has 1 aliphatic rings. The van der Waals surface area contributed by atoms with E-state index in [2.05, 4.69) is 54.2 Å². The Hall–Kier alpha value is -1.41. The van der Waals surface area contributed by atoms with E-state index in [0.29, 0.717) is 33.3 Å².